The monoisotopic (exact) mass is 404 g/mol. The number of fused-ring (bicyclic) bond motifs is 1. The molecule has 1 atom stereocenters. The van der Waals surface area contributed by atoms with Crippen molar-refractivity contribution < 1.29 is 14.3 Å². The van der Waals surface area contributed by atoms with E-state index in [0.717, 1.165) is 18.4 Å². The van der Waals surface area contributed by atoms with Gasteiger partial charge in [0.2, 0.25) is 11.7 Å². The number of nitrogens with one attached hydrogen (secondary N) is 1. The zero-order valence-corrected chi connectivity index (χ0v) is 15.6. The molecule has 28 heavy (non-hydrogen) atoms. The Balaban J connectivity index is 1.64. The van der Waals surface area contributed by atoms with Gasteiger partial charge in [0.1, 0.15) is 6.61 Å². The van der Waals surface area contributed by atoms with E-state index >= 15 is 0 Å². The number of aromatic nitrogens is 4. The second-order valence-electron chi connectivity index (χ2n) is 6.57. The SMILES string of the molecule is O=C(CO)N1CCC[C@@H](Nc2nc(-c3cnn4ccccc34)nc(Cl)c2F)C1. The van der Waals surface area contributed by atoms with Crippen LogP contribution in [0.2, 0.25) is 5.15 Å². The van der Waals surface area contributed by atoms with Crippen molar-refractivity contribution in [2.24, 2.45) is 0 Å². The van der Waals surface area contributed by atoms with Gasteiger partial charge in [0.25, 0.3) is 0 Å². The van der Waals surface area contributed by atoms with E-state index in [9.17, 15) is 9.18 Å². The van der Waals surface area contributed by atoms with Crippen LogP contribution >= 0.6 is 11.6 Å². The highest BCUT2D eigenvalue weighted by molar-refractivity contribution is 6.29. The van der Waals surface area contributed by atoms with Crippen LogP contribution in [0, 0.1) is 5.82 Å². The summed E-state index contributed by atoms with van der Waals surface area (Å²) >= 11 is 6.02. The molecule has 1 saturated heterocycles. The predicted molar refractivity (Wildman–Crippen MR) is 101 cm³/mol. The maximum atomic E-state index is 14.6. The molecule has 1 aliphatic heterocycles. The normalized spacial score (nSPS) is 17.1. The maximum absolute atomic E-state index is 14.6. The topological polar surface area (TPSA) is 95.7 Å². The average Bonchev–Trinajstić information content (AvgIpc) is 3.15. The number of hydrogen-bond donors (Lipinski definition) is 2. The van der Waals surface area contributed by atoms with Gasteiger partial charge >= 0.3 is 0 Å². The van der Waals surface area contributed by atoms with Gasteiger partial charge in [-0.05, 0) is 25.0 Å². The molecule has 0 radical (unpaired) electrons. The fourth-order valence-corrected chi connectivity index (χ4v) is 3.53. The molecule has 1 amide bonds. The Bertz CT molecular complexity index is 1030. The zero-order valence-electron chi connectivity index (χ0n) is 14.8. The Kier molecular flexibility index (Phi) is 5.10. The number of amides is 1. The fourth-order valence-electron chi connectivity index (χ4n) is 3.36. The number of hydrogen-bond acceptors (Lipinski definition) is 6. The summed E-state index contributed by atoms with van der Waals surface area (Å²) in [5.74, 6) is -0.852. The Morgan fingerprint density at radius 3 is 3.07 bits per heavy atom. The standard InChI is InChI=1S/C18H18ClFN6O2/c19-16-15(20)18(22-11-4-3-6-25(9-11)14(28)10-27)24-17(23-16)12-8-21-26-7-2-1-5-13(12)26/h1-2,5,7-8,11,27H,3-4,6,9-10H2,(H,22,23,24)/t11-/m1/s1. The van der Waals surface area contributed by atoms with Gasteiger partial charge in [0.05, 0.1) is 17.3 Å². The lowest BCUT2D eigenvalue weighted by Crippen LogP contribution is -2.46. The van der Waals surface area contributed by atoms with Crippen molar-refractivity contribution in [3.05, 3.63) is 41.6 Å². The Labute approximate surface area is 165 Å². The number of nitrogens with zero attached hydrogens (tertiary/aromatic N) is 5. The molecule has 3 aromatic heterocycles. The molecule has 10 heteroatoms. The van der Waals surface area contributed by atoms with Crippen molar-refractivity contribution in [2.45, 2.75) is 18.9 Å². The third kappa shape index (κ3) is 3.50. The molecule has 1 fully saturated rings. The number of anilines is 1. The summed E-state index contributed by atoms with van der Waals surface area (Å²) in [6.07, 6.45) is 4.87. The first kappa shape index (κ1) is 18.6. The number of carbonyl (C=O) groups excluding carboxylic acids is 1. The molecule has 3 aromatic rings. The highest BCUT2D eigenvalue weighted by Gasteiger charge is 2.25. The minimum Gasteiger partial charge on any atom is -0.387 e. The Morgan fingerprint density at radius 2 is 2.25 bits per heavy atom. The van der Waals surface area contributed by atoms with Gasteiger partial charge in [-0.3, -0.25) is 4.79 Å². The molecule has 8 nitrogen and oxygen atoms in total. The molecular weight excluding hydrogens is 387 g/mol. The first-order valence-electron chi connectivity index (χ1n) is 8.87. The molecule has 4 rings (SSSR count). The summed E-state index contributed by atoms with van der Waals surface area (Å²) in [5.41, 5.74) is 1.40. The predicted octanol–water partition coefficient (Wildman–Crippen LogP) is 1.98. The lowest BCUT2D eigenvalue weighted by atomic mass is 10.1. The van der Waals surface area contributed by atoms with E-state index in [1.165, 1.54) is 0 Å². The molecule has 0 bridgehead atoms. The number of aliphatic hydroxyl groups excluding tert-OH is 1. The van der Waals surface area contributed by atoms with Gasteiger partial charge in [0.15, 0.2) is 16.8 Å². The number of aliphatic hydroxyl groups is 1. The molecule has 0 aliphatic carbocycles. The fraction of sp³-hybridized carbons (Fsp3) is 0.333. The lowest BCUT2D eigenvalue weighted by molar-refractivity contribution is -0.135. The first-order valence-corrected chi connectivity index (χ1v) is 9.25. The van der Waals surface area contributed by atoms with Gasteiger partial charge in [0, 0.05) is 25.3 Å². The van der Waals surface area contributed by atoms with E-state index in [4.69, 9.17) is 16.7 Å². The molecule has 4 heterocycles. The molecule has 0 spiro atoms. The van der Waals surface area contributed by atoms with Crippen molar-refractivity contribution >= 4 is 28.8 Å². The molecule has 0 saturated carbocycles. The summed E-state index contributed by atoms with van der Waals surface area (Å²) in [7, 11) is 0. The summed E-state index contributed by atoms with van der Waals surface area (Å²) < 4.78 is 16.2. The van der Waals surface area contributed by atoms with Crippen molar-refractivity contribution in [2.75, 3.05) is 25.0 Å². The van der Waals surface area contributed by atoms with Gasteiger partial charge in [-0.25, -0.2) is 14.5 Å². The number of pyridine rings is 1. The van der Waals surface area contributed by atoms with Gasteiger partial charge in [-0.2, -0.15) is 9.49 Å². The summed E-state index contributed by atoms with van der Waals surface area (Å²) in [4.78, 5) is 21.7. The third-order valence-electron chi connectivity index (χ3n) is 4.73. The summed E-state index contributed by atoms with van der Waals surface area (Å²) in [6.45, 7) is 0.379. The van der Waals surface area contributed by atoms with Gasteiger partial charge in [-0.15, -0.1) is 0 Å². The van der Waals surface area contributed by atoms with E-state index in [-0.39, 0.29) is 28.7 Å². The van der Waals surface area contributed by atoms with E-state index in [1.54, 1.807) is 21.8 Å². The first-order chi connectivity index (χ1) is 13.6. The lowest BCUT2D eigenvalue weighted by Gasteiger charge is -2.33. The highest BCUT2D eigenvalue weighted by atomic mass is 35.5. The number of carbonyl (C=O) groups is 1. The molecule has 146 valence electrons. The molecule has 1 aliphatic rings. The second kappa shape index (κ2) is 7.69. The summed E-state index contributed by atoms with van der Waals surface area (Å²) in [6, 6.07) is 5.36. The summed E-state index contributed by atoms with van der Waals surface area (Å²) in [5, 5.41) is 16.0. The van der Waals surface area contributed by atoms with Crippen LogP contribution < -0.4 is 5.32 Å². The maximum Gasteiger partial charge on any atom is 0.248 e. The van der Waals surface area contributed by atoms with Crippen molar-refractivity contribution in [3.63, 3.8) is 0 Å². The van der Waals surface area contributed by atoms with E-state index in [2.05, 4.69) is 20.4 Å². The number of likely N-dealkylation sites (tertiary alicyclic amines) is 1. The average molecular weight is 405 g/mol. The van der Waals surface area contributed by atoms with E-state index in [0.29, 0.717) is 18.7 Å². The van der Waals surface area contributed by atoms with Crippen LogP contribution in [-0.4, -0.2) is 61.2 Å². The molecule has 0 unspecified atom stereocenters. The van der Waals surface area contributed by atoms with Crippen LogP contribution in [0.25, 0.3) is 16.9 Å². The number of piperidine rings is 1. The smallest absolute Gasteiger partial charge is 0.248 e. The Hall–Kier alpha value is -2.78. The Morgan fingerprint density at radius 1 is 1.39 bits per heavy atom. The van der Waals surface area contributed by atoms with Gasteiger partial charge < -0.3 is 15.3 Å². The molecular formula is C18H18ClFN6O2. The second-order valence-corrected chi connectivity index (χ2v) is 6.93. The van der Waals surface area contributed by atoms with Crippen molar-refractivity contribution in [1.29, 1.82) is 0 Å². The largest absolute Gasteiger partial charge is 0.387 e. The molecule has 0 aromatic carbocycles. The van der Waals surface area contributed by atoms with Crippen LogP contribution in [0.3, 0.4) is 0 Å². The van der Waals surface area contributed by atoms with Crippen LogP contribution in [0.15, 0.2) is 30.6 Å². The van der Waals surface area contributed by atoms with Crippen molar-refractivity contribution in [3.8, 4) is 11.4 Å². The van der Waals surface area contributed by atoms with Gasteiger partial charge in [-0.1, -0.05) is 17.7 Å². The minimum absolute atomic E-state index is 0.0198. The van der Waals surface area contributed by atoms with Crippen LogP contribution in [0.1, 0.15) is 12.8 Å². The number of rotatable bonds is 4. The highest BCUT2D eigenvalue weighted by Crippen LogP contribution is 2.28. The minimum atomic E-state index is -0.743. The van der Waals surface area contributed by atoms with Crippen LogP contribution in [0.4, 0.5) is 10.2 Å². The zero-order chi connectivity index (χ0) is 19.7. The van der Waals surface area contributed by atoms with Crippen LogP contribution in [0.5, 0.6) is 0 Å². The quantitative estimate of drug-likeness (QED) is 0.645. The van der Waals surface area contributed by atoms with Crippen LogP contribution in [-0.2, 0) is 4.79 Å². The number of halogens is 2. The van der Waals surface area contributed by atoms with E-state index in [1.807, 2.05) is 18.2 Å². The molecule has 2 N–H and O–H groups in total. The van der Waals surface area contributed by atoms with E-state index < -0.39 is 12.4 Å². The van der Waals surface area contributed by atoms with Crippen molar-refractivity contribution in [1.82, 2.24) is 24.5 Å². The third-order valence-corrected chi connectivity index (χ3v) is 4.98.